The van der Waals surface area contributed by atoms with E-state index in [1.165, 1.54) is 0 Å². The lowest BCUT2D eigenvalue weighted by atomic mass is 9.96. The predicted molar refractivity (Wildman–Crippen MR) is 127 cm³/mol. The standard InChI is InChI=1S/C24H34N2O4S2/c1-4-5-6-7-24-21(18-25-31(27,28)22-12-8-19(2)9-13-22)16-17-26(24)32(29,30)23-14-10-20(3)11-15-23/h8-15,21,24-25H,4-7,16-18H2,1-3H3/t21-,24-/m1/s1. The first kappa shape index (κ1) is 24.9. The highest BCUT2D eigenvalue weighted by Crippen LogP contribution is 2.33. The van der Waals surface area contributed by atoms with Gasteiger partial charge in [-0.2, -0.15) is 4.31 Å². The van der Waals surface area contributed by atoms with Crippen molar-refractivity contribution >= 4 is 20.0 Å². The summed E-state index contributed by atoms with van der Waals surface area (Å²) in [5.41, 5.74) is 2.00. The third-order valence-corrected chi connectivity index (χ3v) is 9.61. The molecule has 3 rings (SSSR count). The molecule has 1 heterocycles. The van der Waals surface area contributed by atoms with Gasteiger partial charge in [0.15, 0.2) is 0 Å². The maximum atomic E-state index is 13.4. The third-order valence-electron chi connectivity index (χ3n) is 6.23. The lowest BCUT2D eigenvalue weighted by Crippen LogP contribution is -2.41. The molecule has 8 heteroatoms. The molecule has 1 saturated heterocycles. The van der Waals surface area contributed by atoms with Crippen molar-refractivity contribution in [2.24, 2.45) is 5.92 Å². The fourth-order valence-corrected chi connectivity index (χ4v) is 7.09. The number of aryl methyl sites for hydroxylation is 2. The van der Waals surface area contributed by atoms with Crippen LogP contribution in [0.4, 0.5) is 0 Å². The lowest BCUT2D eigenvalue weighted by molar-refractivity contribution is 0.309. The summed E-state index contributed by atoms with van der Waals surface area (Å²) >= 11 is 0. The fourth-order valence-electron chi connectivity index (χ4n) is 4.27. The van der Waals surface area contributed by atoms with Crippen LogP contribution >= 0.6 is 0 Å². The molecule has 1 aliphatic rings. The number of sulfonamides is 2. The molecule has 0 unspecified atom stereocenters. The summed E-state index contributed by atoms with van der Waals surface area (Å²) in [7, 11) is -7.27. The smallest absolute Gasteiger partial charge is 0.211 e. The largest absolute Gasteiger partial charge is 0.243 e. The predicted octanol–water partition coefficient (Wildman–Crippen LogP) is 4.24. The van der Waals surface area contributed by atoms with Gasteiger partial charge in [0.1, 0.15) is 0 Å². The molecule has 1 N–H and O–H groups in total. The Morgan fingerprint density at radius 2 is 1.44 bits per heavy atom. The average Bonchev–Trinajstić information content (AvgIpc) is 3.17. The van der Waals surface area contributed by atoms with E-state index in [1.807, 2.05) is 26.0 Å². The quantitative estimate of drug-likeness (QED) is 0.518. The van der Waals surface area contributed by atoms with Crippen LogP contribution in [0.25, 0.3) is 0 Å². The first-order valence-electron chi connectivity index (χ1n) is 11.3. The molecule has 0 aromatic heterocycles. The van der Waals surface area contributed by atoms with Crippen molar-refractivity contribution in [2.45, 2.75) is 68.7 Å². The highest BCUT2D eigenvalue weighted by atomic mass is 32.2. The summed E-state index contributed by atoms with van der Waals surface area (Å²) in [6.45, 7) is 6.59. The number of nitrogens with one attached hydrogen (secondary N) is 1. The molecule has 176 valence electrons. The second-order valence-corrected chi connectivity index (χ2v) is 12.4. The molecule has 0 radical (unpaired) electrons. The fraction of sp³-hybridized carbons (Fsp3) is 0.500. The van der Waals surface area contributed by atoms with Gasteiger partial charge in [-0.05, 0) is 56.9 Å². The van der Waals surface area contributed by atoms with E-state index in [-0.39, 0.29) is 23.4 Å². The Labute approximate surface area is 193 Å². The normalized spacial score (nSPS) is 20.0. The Morgan fingerprint density at radius 3 is 2.00 bits per heavy atom. The van der Waals surface area contributed by atoms with Gasteiger partial charge in [0.2, 0.25) is 20.0 Å². The minimum absolute atomic E-state index is 0.0627. The van der Waals surface area contributed by atoms with Crippen LogP contribution in [-0.4, -0.2) is 40.3 Å². The van der Waals surface area contributed by atoms with Crippen LogP contribution in [0, 0.1) is 19.8 Å². The average molecular weight is 479 g/mol. The van der Waals surface area contributed by atoms with E-state index in [0.717, 1.165) is 36.8 Å². The molecule has 1 aliphatic heterocycles. The Kier molecular flexibility index (Phi) is 8.14. The van der Waals surface area contributed by atoms with Crippen LogP contribution in [0.1, 0.15) is 50.2 Å². The van der Waals surface area contributed by atoms with Crippen LogP contribution in [-0.2, 0) is 20.0 Å². The summed E-state index contributed by atoms with van der Waals surface area (Å²) in [4.78, 5) is 0.525. The van der Waals surface area contributed by atoms with Crippen LogP contribution in [0.3, 0.4) is 0 Å². The van der Waals surface area contributed by atoms with Crippen molar-refractivity contribution in [3.8, 4) is 0 Å². The SMILES string of the molecule is CCCCC[C@@H]1[C@@H](CNS(=O)(=O)c2ccc(C)cc2)CCN1S(=O)(=O)c1ccc(C)cc1. The summed E-state index contributed by atoms with van der Waals surface area (Å²) < 4.78 is 56.6. The first-order valence-corrected chi connectivity index (χ1v) is 14.2. The van der Waals surface area contributed by atoms with Crippen molar-refractivity contribution in [3.63, 3.8) is 0 Å². The minimum Gasteiger partial charge on any atom is -0.211 e. The summed E-state index contributed by atoms with van der Waals surface area (Å²) in [5.74, 6) is -0.0627. The Hall–Kier alpha value is -1.74. The zero-order valence-electron chi connectivity index (χ0n) is 19.1. The summed E-state index contributed by atoms with van der Waals surface area (Å²) in [5, 5.41) is 0. The number of benzene rings is 2. The number of rotatable bonds is 10. The van der Waals surface area contributed by atoms with E-state index in [2.05, 4.69) is 11.6 Å². The highest BCUT2D eigenvalue weighted by molar-refractivity contribution is 7.89. The molecule has 2 atom stereocenters. The molecule has 1 fully saturated rings. The van der Waals surface area contributed by atoms with E-state index in [1.54, 1.807) is 40.7 Å². The van der Waals surface area contributed by atoms with Crippen molar-refractivity contribution in [1.82, 2.24) is 9.03 Å². The number of hydrogen-bond donors (Lipinski definition) is 1. The molecule has 0 amide bonds. The van der Waals surface area contributed by atoms with Gasteiger partial charge < -0.3 is 0 Å². The van der Waals surface area contributed by atoms with E-state index < -0.39 is 20.0 Å². The van der Waals surface area contributed by atoms with E-state index >= 15 is 0 Å². The number of hydrogen-bond acceptors (Lipinski definition) is 4. The highest BCUT2D eigenvalue weighted by Gasteiger charge is 2.41. The van der Waals surface area contributed by atoms with Gasteiger partial charge in [0.05, 0.1) is 9.79 Å². The topological polar surface area (TPSA) is 83.6 Å². The maximum Gasteiger partial charge on any atom is 0.243 e. The molecule has 32 heavy (non-hydrogen) atoms. The van der Waals surface area contributed by atoms with Gasteiger partial charge in [-0.3, -0.25) is 0 Å². The molecule has 2 aromatic rings. The van der Waals surface area contributed by atoms with Crippen molar-refractivity contribution < 1.29 is 16.8 Å². The molecule has 6 nitrogen and oxygen atoms in total. The zero-order valence-corrected chi connectivity index (χ0v) is 20.8. The van der Waals surface area contributed by atoms with Crippen molar-refractivity contribution in [3.05, 3.63) is 59.7 Å². The molecule has 0 aliphatic carbocycles. The molecular weight excluding hydrogens is 444 g/mol. The van der Waals surface area contributed by atoms with Crippen LogP contribution in [0.5, 0.6) is 0 Å². The number of nitrogens with zero attached hydrogens (tertiary/aromatic N) is 1. The van der Waals surface area contributed by atoms with Crippen LogP contribution in [0.15, 0.2) is 58.3 Å². The van der Waals surface area contributed by atoms with Gasteiger partial charge in [0, 0.05) is 19.1 Å². The molecule has 2 aromatic carbocycles. The van der Waals surface area contributed by atoms with Gasteiger partial charge in [-0.25, -0.2) is 21.6 Å². The second kappa shape index (κ2) is 10.5. The third kappa shape index (κ3) is 5.78. The van der Waals surface area contributed by atoms with E-state index in [0.29, 0.717) is 17.9 Å². The molecule has 0 saturated carbocycles. The monoisotopic (exact) mass is 478 g/mol. The van der Waals surface area contributed by atoms with E-state index in [4.69, 9.17) is 0 Å². The van der Waals surface area contributed by atoms with Crippen molar-refractivity contribution in [1.29, 1.82) is 0 Å². The zero-order chi connectivity index (χ0) is 23.4. The summed E-state index contributed by atoms with van der Waals surface area (Å²) in [6, 6.07) is 13.4. The van der Waals surface area contributed by atoms with Gasteiger partial charge >= 0.3 is 0 Å². The van der Waals surface area contributed by atoms with Gasteiger partial charge in [-0.15, -0.1) is 0 Å². The van der Waals surface area contributed by atoms with Gasteiger partial charge in [0.25, 0.3) is 0 Å². The first-order chi connectivity index (χ1) is 15.1. The molecular formula is C24H34N2O4S2. The Balaban J connectivity index is 1.78. The molecule has 0 bridgehead atoms. The second-order valence-electron chi connectivity index (χ2n) is 8.71. The van der Waals surface area contributed by atoms with Crippen LogP contribution < -0.4 is 4.72 Å². The van der Waals surface area contributed by atoms with Crippen LogP contribution in [0.2, 0.25) is 0 Å². The lowest BCUT2D eigenvalue weighted by Gasteiger charge is -2.28. The maximum absolute atomic E-state index is 13.4. The van der Waals surface area contributed by atoms with Gasteiger partial charge in [-0.1, -0.05) is 61.6 Å². The summed E-state index contributed by atoms with van der Waals surface area (Å²) in [6.07, 6.45) is 4.36. The molecule has 0 spiro atoms. The van der Waals surface area contributed by atoms with E-state index in [9.17, 15) is 16.8 Å². The number of unbranched alkanes of at least 4 members (excludes halogenated alkanes) is 2. The Morgan fingerprint density at radius 1 is 0.875 bits per heavy atom. The van der Waals surface area contributed by atoms with Crippen molar-refractivity contribution in [2.75, 3.05) is 13.1 Å². The minimum atomic E-state index is -3.64. The Bertz CT molecular complexity index is 1100.